The maximum absolute atomic E-state index is 11.2. The number of hydrogen-bond acceptors (Lipinski definition) is 2. The van der Waals surface area contributed by atoms with Gasteiger partial charge in [-0.2, -0.15) is 0 Å². The molecule has 1 aliphatic heterocycles. The molecule has 20 heavy (non-hydrogen) atoms. The highest BCUT2D eigenvalue weighted by Crippen LogP contribution is 2.36. The first-order chi connectivity index (χ1) is 9.40. The molecule has 4 heteroatoms. The molecular weight excluding hydrogens is 254 g/mol. The Morgan fingerprint density at radius 2 is 2.05 bits per heavy atom. The van der Waals surface area contributed by atoms with Crippen LogP contribution in [0.15, 0.2) is 30.3 Å². The van der Waals surface area contributed by atoms with Crippen LogP contribution in [0, 0.1) is 5.92 Å². The molecule has 1 unspecified atom stereocenters. The number of amides is 1. The van der Waals surface area contributed by atoms with Crippen LogP contribution < -0.4 is 0 Å². The largest absolute Gasteiger partial charge is 0.465 e. The number of carbonyl (C=O) groups is 1. The predicted octanol–water partition coefficient (Wildman–Crippen LogP) is 3.28. The quantitative estimate of drug-likeness (QED) is 0.888. The molecular formula is C16H23NO3. The molecule has 0 bridgehead atoms. The minimum Gasteiger partial charge on any atom is -0.465 e. The maximum atomic E-state index is 11.2. The summed E-state index contributed by atoms with van der Waals surface area (Å²) >= 11 is 0. The molecule has 2 atom stereocenters. The van der Waals surface area contributed by atoms with E-state index >= 15 is 0 Å². The van der Waals surface area contributed by atoms with Crippen molar-refractivity contribution in [2.75, 3.05) is 6.54 Å². The van der Waals surface area contributed by atoms with E-state index < -0.39 is 12.2 Å². The SMILES string of the molecule is CC1(C)C[C@H](CCC(O)c2ccccc2)CN1C(=O)O. The molecule has 1 saturated heterocycles. The summed E-state index contributed by atoms with van der Waals surface area (Å²) in [5.41, 5.74) is 0.633. The first-order valence-electron chi connectivity index (χ1n) is 7.14. The molecule has 110 valence electrons. The van der Waals surface area contributed by atoms with Gasteiger partial charge in [-0.15, -0.1) is 0 Å². The average molecular weight is 277 g/mol. The van der Waals surface area contributed by atoms with Gasteiger partial charge in [0.2, 0.25) is 0 Å². The number of nitrogens with zero attached hydrogens (tertiary/aromatic N) is 1. The summed E-state index contributed by atoms with van der Waals surface area (Å²) in [4.78, 5) is 12.7. The minimum absolute atomic E-state index is 0.297. The first kappa shape index (κ1) is 14.9. The van der Waals surface area contributed by atoms with Gasteiger partial charge in [-0.25, -0.2) is 4.79 Å². The molecule has 1 amide bonds. The van der Waals surface area contributed by atoms with Crippen LogP contribution in [-0.4, -0.2) is 33.3 Å². The van der Waals surface area contributed by atoms with Gasteiger partial charge in [-0.05, 0) is 44.6 Å². The lowest BCUT2D eigenvalue weighted by Gasteiger charge is -2.28. The number of likely N-dealkylation sites (tertiary alicyclic amines) is 1. The zero-order valence-corrected chi connectivity index (χ0v) is 12.1. The summed E-state index contributed by atoms with van der Waals surface area (Å²) in [6.07, 6.45) is 1.08. The standard InChI is InChI=1S/C16H23NO3/c1-16(2)10-12(11-17(16)15(19)20)8-9-14(18)13-6-4-3-5-7-13/h3-7,12,14,18H,8-11H2,1-2H3,(H,19,20)/t12-,14?/m0/s1. The summed E-state index contributed by atoms with van der Waals surface area (Å²) in [5, 5.41) is 19.4. The van der Waals surface area contributed by atoms with Crippen LogP contribution in [0.2, 0.25) is 0 Å². The van der Waals surface area contributed by atoms with E-state index in [0.29, 0.717) is 18.9 Å². The summed E-state index contributed by atoms with van der Waals surface area (Å²) in [6, 6.07) is 9.62. The van der Waals surface area contributed by atoms with Crippen molar-refractivity contribution in [2.24, 2.45) is 5.92 Å². The van der Waals surface area contributed by atoms with Crippen LogP contribution in [0.25, 0.3) is 0 Å². The fraction of sp³-hybridized carbons (Fsp3) is 0.562. The second-order valence-electron chi connectivity index (χ2n) is 6.28. The molecule has 4 nitrogen and oxygen atoms in total. The Balaban J connectivity index is 1.88. The number of hydrogen-bond donors (Lipinski definition) is 2. The molecule has 1 fully saturated rings. The third kappa shape index (κ3) is 3.31. The van der Waals surface area contributed by atoms with Gasteiger partial charge in [0.25, 0.3) is 0 Å². The molecule has 1 aromatic carbocycles. The Bertz CT molecular complexity index is 458. The van der Waals surface area contributed by atoms with E-state index in [-0.39, 0.29) is 5.54 Å². The van der Waals surface area contributed by atoms with Crippen molar-refractivity contribution in [3.63, 3.8) is 0 Å². The third-order valence-corrected chi connectivity index (χ3v) is 4.22. The fourth-order valence-corrected chi connectivity index (χ4v) is 3.15. The summed E-state index contributed by atoms with van der Waals surface area (Å²) in [6.45, 7) is 4.51. The van der Waals surface area contributed by atoms with Crippen molar-refractivity contribution < 1.29 is 15.0 Å². The van der Waals surface area contributed by atoms with E-state index in [9.17, 15) is 15.0 Å². The number of aliphatic hydroxyl groups is 1. The van der Waals surface area contributed by atoms with Crippen molar-refractivity contribution in [3.05, 3.63) is 35.9 Å². The number of aliphatic hydroxyl groups excluding tert-OH is 1. The molecule has 0 radical (unpaired) electrons. The number of carboxylic acid groups (broad SMARTS) is 1. The van der Waals surface area contributed by atoms with Crippen molar-refractivity contribution in [1.29, 1.82) is 0 Å². The average Bonchev–Trinajstić information content (AvgIpc) is 2.72. The molecule has 2 N–H and O–H groups in total. The van der Waals surface area contributed by atoms with Crippen molar-refractivity contribution in [2.45, 2.75) is 44.8 Å². The Labute approximate surface area is 120 Å². The number of rotatable bonds is 4. The molecule has 1 aliphatic rings. The Kier molecular flexibility index (Phi) is 4.33. The van der Waals surface area contributed by atoms with Crippen molar-refractivity contribution in [1.82, 2.24) is 4.90 Å². The first-order valence-corrected chi connectivity index (χ1v) is 7.14. The Morgan fingerprint density at radius 3 is 2.60 bits per heavy atom. The molecule has 0 saturated carbocycles. The minimum atomic E-state index is -0.846. The van der Waals surface area contributed by atoms with Gasteiger partial charge < -0.3 is 15.1 Å². The molecule has 0 spiro atoms. The smallest absolute Gasteiger partial charge is 0.407 e. The molecule has 0 aromatic heterocycles. The van der Waals surface area contributed by atoms with E-state index in [2.05, 4.69) is 0 Å². The van der Waals surface area contributed by atoms with Gasteiger partial charge in [-0.1, -0.05) is 30.3 Å². The summed E-state index contributed by atoms with van der Waals surface area (Å²) in [7, 11) is 0. The normalized spacial score (nSPS) is 22.8. The van der Waals surface area contributed by atoms with Crippen LogP contribution in [0.3, 0.4) is 0 Å². The molecule has 1 heterocycles. The van der Waals surface area contributed by atoms with E-state index in [1.807, 2.05) is 44.2 Å². The van der Waals surface area contributed by atoms with Gasteiger partial charge in [0, 0.05) is 12.1 Å². The zero-order valence-electron chi connectivity index (χ0n) is 12.1. The monoisotopic (exact) mass is 277 g/mol. The van der Waals surface area contributed by atoms with E-state index in [4.69, 9.17) is 0 Å². The van der Waals surface area contributed by atoms with Gasteiger partial charge in [-0.3, -0.25) is 0 Å². The topological polar surface area (TPSA) is 60.8 Å². The van der Waals surface area contributed by atoms with E-state index in [0.717, 1.165) is 18.4 Å². The maximum Gasteiger partial charge on any atom is 0.407 e. The number of benzene rings is 1. The van der Waals surface area contributed by atoms with Crippen molar-refractivity contribution in [3.8, 4) is 0 Å². The van der Waals surface area contributed by atoms with Crippen LogP contribution >= 0.6 is 0 Å². The zero-order chi connectivity index (χ0) is 14.8. The molecule has 2 rings (SSSR count). The Hall–Kier alpha value is -1.55. The van der Waals surface area contributed by atoms with E-state index in [1.54, 1.807) is 0 Å². The lowest BCUT2D eigenvalue weighted by molar-refractivity contribution is 0.116. The molecule has 1 aromatic rings. The summed E-state index contributed by atoms with van der Waals surface area (Å²) in [5.74, 6) is 0.333. The predicted molar refractivity (Wildman–Crippen MR) is 77.6 cm³/mol. The Morgan fingerprint density at radius 1 is 1.40 bits per heavy atom. The summed E-state index contributed by atoms with van der Waals surface area (Å²) < 4.78 is 0. The molecule has 0 aliphatic carbocycles. The van der Waals surface area contributed by atoms with Gasteiger partial charge >= 0.3 is 6.09 Å². The van der Waals surface area contributed by atoms with Crippen LogP contribution in [0.5, 0.6) is 0 Å². The van der Waals surface area contributed by atoms with Crippen LogP contribution in [0.1, 0.15) is 44.8 Å². The third-order valence-electron chi connectivity index (χ3n) is 4.22. The lowest BCUT2D eigenvalue weighted by Crippen LogP contribution is -2.41. The second-order valence-corrected chi connectivity index (χ2v) is 6.28. The lowest BCUT2D eigenvalue weighted by atomic mass is 9.91. The van der Waals surface area contributed by atoms with Gasteiger partial charge in [0.05, 0.1) is 6.10 Å². The van der Waals surface area contributed by atoms with Gasteiger partial charge in [0.1, 0.15) is 0 Å². The van der Waals surface area contributed by atoms with E-state index in [1.165, 1.54) is 4.90 Å². The fourth-order valence-electron chi connectivity index (χ4n) is 3.15. The highest BCUT2D eigenvalue weighted by Gasteiger charge is 2.40. The van der Waals surface area contributed by atoms with Crippen LogP contribution in [0.4, 0.5) is 4.79 Å². The van der Waals surface area contributed by atoms with Gasteiger partial charge in [0.15, 0.2) is 0 Å². The van der Waals surface area contributed by atoms with Crippen LogP contribution in [-0.2, 0) is 0 Å². The highest BCUT2D eigenvalue weighted by molar-refractivity contribution is 5.66. The van der Waals surface area contributed by atoms with Crippen molar-refractivity contribution >= 4 is 6.09 Å². The second kappa shape index (κ2) is 5.83. The highest BCUT2D eigenvalue weighted by atomic mass is 16.4.